The highest BCUT2D eigenvalue weighted by Gasteiger charge is 2.43. The van der Waals surface area contributed by atoms with E-state index in [2.05, 4.69) is 20.6 Å². The van der Waals surface area contributed by atoms with Crippen LogP contribution in [0.3, 0.4) is 0 Å². The third kappa shape index (κ3) is 4.22. The molecule has 0 aliphatic heterocycles. The molecule has 2 aliphatic rings. The number of fused-ring (bicyclic) bond motifs is 1. The molecule has 3 heterocycles. The van der Waals surface area contributed by atoms with E-state index >= 15 is 0 Å². The van der Waals surface area contributed by atoms with E-state index in [0.29, 0.717) is 30.4 Å². The Labute approximate surface area is 201 Å². The molecule has 0 bridgehead atoms. The van der Waals surface area contributed by atoms with Crippen LogP contribution < -0.4 is 10.6 Å². The van der Waals surface area contributed by atoms with Gasteiger partial charge in [0.15, 0.2) is 0 Å². The van der Waals surface area contributed by atoms with Crippen molar-refractivity contribution in [3.05, 3.63) is 23.7 Å². The van der Waals surface area contributed by atoms with E-state index in [1.54, 1.807) is 6.20 Å². The van der Waals surface area contributed by atoms with Crippen LogP contribution in [0.25, 0.3) is 20.8 Å². The summed E-state index contributed by atoms with van der Waals surface area (Å²) in [6.45, 7) is 4.30. The molecule has 2 saturated carbocycles. The van der Waals surface area contributed by atoms with Gasteiger partial charge in [0, 0.05) is 30.7 Å². The zero-order valence-corrected chi connectivity index (χ0v) is 20.0. The summed E-state index contributed by atoms with van der Waals surface area (Å²) in [6, 6.07) is 1.44. The maximum Gasteiger partial charge on any atom is 0.224 e. The largest absolute Gasteiger partial charge is 0.396 e. The van der Waals surface area contributed by atoms with Gasteiger partial charge in [-0.1, -0.05) is 0 Å². The quantitative estimate of drug-likeness (QED) is 0.275. The molecule has 34 heavy (non-hydrogen) atoms. The first-order chi connectivity index (χ1) is 16.3. The summed E-state index contributed by atoms with van der Waals surface area (Å²) >= 11 is 1.52. The molecule has 3 aromatic heterocycles. The van der Waals surface area contributed by atoms with Gasteiger partial charge in [0.1, 0.15) is 22.4 Å². The number of hydrogen-bond donors (Lipinski definition) is 6. The smallest absolute Gasteiger partial charge is 0.224 e. The number of hydrogen-bond acceptors (Lipinski definition) is 11. The van der Waals surface area contributed by atoms with Gasteiger partial charge in [0.05, 0.1) is 40.4 Å². The van der Waals surface area contributed by atoms with Crippen molar-refractivity contribution in [1.82, 2.24) is 19.9 Å². The maximum atomic E-state index is 10.6. The molecule has 0 unspecified atom stereocenters. The van der Waals surface area contributed by atoms with E-state index in [1.165, 1.54) is 11.3 Å². The molecule has 0 spiro atoms. The van der Waals surface area contributed by atoms with Crippen molar-refractivity contribution >= 4 is 33.3 Å². The zero-order valence-electron chi connectivity index (χ0n) is 19.2. The van der Waals surface area contributed by atoms with E-state index in [9.17, 15) is 20.4 Å². The minimum absolute atomic E-state index is 0.110. The summed E-state index contributed by atoms with van der Waals surface area (Å²) in [5.41, 5.74) is 2.99. The molecule has 0 saturated heterocycles. The van der Waals surface area contributed by atoms with Gasteiger partial charge < -0.3 is 31.1 Å². The Morgan fingerprint density at radius 2 is 1.88 bits per heavy atom. The minimum atomic E-state index is -1.04. The minimum Gasteiger partial charge on any atom is -0.396 e. The highest BCUT2D eigenvalue weighted by Crippen LogP contribution is 2.45. The van der Waals surface area contributed by atoms with Crippen molar-refractivity contribution in [2.45, 2.75) is 51.4 Å². The summed E-state index contributed by atoms with van der Waals surface area (Å²) in [6.07, 6.45) is 2.04. The predicted octanol–water partition coefficient (Wildman–Crippen LogP) is 1.46. The predicted molar refractivity (Wildman–Crippen MR) is 130 cm³/mol. The summed E-state index contributed by atoms with van der Waals surface area (Å²) in [7, 11) is 0. The lowest BCUT2D eigenvalue weighted by atomic mass is 10.1. The zero-order chi connectivity index (χ0) is 24.0. The number of nitrogens with one attached hydrogen (secondary N) is 2. The standard InChI is InChI=1S/C23H30N6O4S/c1-11-16(21-28-17-12(2)24-6-3-15(17)34-21)20(27-14-7-13(8-30)18(32)19(14)33)29-22(26-11)25-9-23(10-31)4-5-23/h3,6,13-14,18-19,30-33H,4-5,7-10H2,1-2H3,(H2,25,26,27,29)/t13-,14-,18-,19+/m1/s1. The van der Waals surface area contributed by atoms with Gasteiger partial charge in [-0.05, 0) is 39.2 Å². The normalized spacial score (nSPS) is 25.6. The van der Waals surface area contributed by atoms with Crippen LogP contribution in [0.1, 0.15) is 30.7 Å². The molecule has 182 valence electrons. The van der Waals surface area contributed by atoms with Gasteiger partial charge in [-0.3, -0.25) is 4.98 Å². The Morgan fingerprint density at radius 3 is 2.53 bits per heavy atom. The third-order valence-corrected chi connectivity index (χ3v) is 8.10. The molecule has 5 rings (SSSR count). The summed E-state index contributed by atoms with van der Waals surface area (Å²) in [4.78, 5) is 18.5. The molecule has 10 nitrogen and oxygen atoms in total. The van der Waals surface area contributed by atoms with Crippen LogP contribution in [-0.4, -0.2) is 78.4 Å². The number of thiazole rings is 1. The summed E-state index contributed by atoms with van der Waals surface area (Å²) in [5.74, 6) is 0.518. The van der Waals surface area contributed by atoms with Crippen LogP contribution in [0.2, 0.25) is 0 Å². The molecule has 2 aliphatic carbocycles. The monoisotopic (exact) mass is 486 g/mol. The number of aryl methyl sites for hydroxylation is 2. The number of anilines is 2. The van der Waals surface area contributed by atoms with Gasteiger partial charge in [-0.15, -0.1) is 11.3 Å². The molecule has 0 aromatic carbocycles. The molecular weight excluding hydrogens is 456 g/mol. The second kappa shape index (κ2) is 8.97. The van der Waals surface area contributed by atoms with Crippen molar-refractivity contribution in [1.29, 1.82) is 0 Å². The van der Waals surface area contributed by atoms with Gasteiger partial charge >= 0.3 is 0 Å². The molecular formula is C23H30N6O4S. The Morgan fingerprint density at radius 1 is 1.09 bits per heavy atom. The van der Waals surface area contributed by atoms with E-state index < -0.39 is 24.2 Å². The second-order valence-corrected chi connectivity index (χ2v) is 10.6. The van der Waals surface area contributed by atoms with Crippen LogP contribution in [0.15, 0.2) is 12.3 Å². The topological polar surface area (TPSA) is 157 Å². The van der Waals surface area contributed by atoms with Gasteiger partial charge in [-0.2, -0.15) is 4.98 Å². The Kier molecular flexibility index (Phi) is 6.15. The van der Waals surface area contributed by atoms with Crippen molar-refractivity contribution in [3.63, 3.8) is 0 Å². The fourth-order valence-corrected chi connectivity index (χ4v) is 5.67. The van der Waals surface area contributed by atoms with E-state index in [1.807, 2.05) is 19.9 Å². The van der Waals surface area contributed by atoms with Crippen molar-refractivity contribution in [3.8, 4) is 10.6 Å². The first kappa shape index (κ1) is 23.3. The van der Waals surface area contributed by atoms with Crippen LogP contribution in [0, 0.1) is 25.2 Å². The average molecular weight is 487 g/mol. The fourth-order valence-electron chi connectivity index (χ4n) is 4.56. The highest BCUT2D eigenvalue weighted by atomic mass is 32.1. The number of pyridine rings is 1. The molecule has 4 atom stereocenters. The maximum absolute atomic E-state index is 10.6. The first-order valence-electron chi connectivity index (χ1n) is 11.5. The molecule has 0 amide bonds. The fraction of sp³-hybridized carbons (Fsp3) is 0.565. The van der Waals surface area contributed by atoms with Crippen LogP contribution in [0.5, 0.6) is 0 Å². The highest BCUT2D eigenvalue weighted by molar-refractivity contribution is 7.21. The summed E-state index contributed by atoms with van der Waals surface area (Å²) in [5, 5.41) is 47.4. The van der Waals surface area contributed by atoms with E-state index in [-0.39, 0.29) is 18.6 Å². The Hall–Kier alpha value is -2.44. The van der Waals surface area contributed by atoms with Gasteiger partial charge in [0.25, 0.3) is 0 Å². The number of aliphatic hydroxyl groups excluding tert-OH is 4. The van der Waals surface area contributed by atoms with E-state index in [0.717, 1.165) is 39.3 Å². The number of rotatable bonds is 8. The van der Waals surface area contributed by atoms with Crippen molar-refractivity contribution < 1.29 is 20.4 Å². The number of aromatic nitrogens is 4. The number of nitrogens with zero attached hydrogens (tertiary/aromatic N) is 4. The van der Waals surface area contributed by atoms with E-state index in [4.69, 9.17) is 9.97 Å². The molecule has 11 heteroatoms. The van der Waals surface area contributed by atoms with Crippen molar-refractivity contribution in [2.24, 2.45) is 11.3 Å². The SMILES string of the molecule is Cc1nc(NCC2(CO)CC2)nc(N[C@@H]2C[C@H](CO)[C@@H](O)[C@H]2O)c1-c1nc2c(C)nccc2s1. The lowest BCUT2D eigenvalue weighted by Crippen LogP contribution is -2.35. The third-order valence-electron chi connectivity index (χ3n) is 7.07. The molecule has 6 N–H and O–H groups in total. The lowest BCUT2D eigenvalue weighted by Gasteiger charge is -2.21. The average Bonchev–Trinajstić information content (AvgIpc) is 3.40. The Balaban J connectivity index is 1.53. The lowest BCUT2D eigenvalue weighted by molar-refractivity contribution is 0.00446. The first-order valence-corrected chi connectivity index (χ1v) is 12.4. The van der Waals surface area contributed by atoms with Crippen LogP contribution in [-0.2, 0) is 0 Å². The summed E-state index contributed by atoms with van der Waals surface area (Å²) < 4.78 is 1.00. The molecule has 2 fully saturated rings. The second-order valence-electron chi connectivity index (χ2n) is 9.54. The Bertz CT molecular complexity index is 1200. The van der Waals surface area contributed by atoms with Crippen LogP contribution in [0.4, 0.5) is 11.8 Å². The number of aliphatic hydroxyl groups is 4. The van der Waals surface area contributed by atoms with Crippen molar-refractivity contribution in [2.75, 3.05) is 30.4 Å². The van der Waals surface area contributed by atoms with Crippen LogP contribution >= 0.6 is 11.3 Å². The van der Waals surface area contributed by atoms with Gasteiger partial charge in [0.2, 0.25) is 5.95 Å². The molecule has 0 radical (unpaired) electrons. The van der Waals surface area contributed by atoms with Gasteiger partial charge in [-0.25, -0.2) is 9.97 Å². The molecule has 3 aromatic rings.